The zero-order valence-electron chi connectivity index (χ0n) is 19.6. The van der Waals surface area contributed by atoms with Crippen molar-refractivity contribution >= 4 is 44.9 Å². The van der Waals surface area contributed by atoms with Crippen LogP contribution >= 0.6 is 0 Å². The van der Waals surface area contributed by atoms with Crippen molar-refractivity contribution in [1.82, 2.24) is 0 Å². The van der Waals surface area contributed by atoms with Gasteiger partial charge in [0, 0.05) is 0 Å². The van der Waals surface area contributed by atoms with E-state index in [4.69, 9.17) is 9.31 Å². The molecule has 162 valence electrons. The second kappa shape index (κ2) is 7.18. The Morgan fingerprint density at radius 1 is 0.515 bits per heavy atom. The van der Waals surface area contributed by atoms with Gasteiger partial charge in [-0.3, -0.25) is 0 Å². The summed E-state index contributed by atoms with van der Waals surface area (Å²) in [5.41, 5.74) is 2.84. The van der Waals surface area contributed by atoms with E-state index in [0.29, 0.717) is 0 Å². The highest BCUT2D eigenvalue weighted by Gasteiger charge is 2.52. The van der Waals surface area contributed by atoms with Crippen molar-refractivity contribution in [3.63, 3.8) is 0 Å². The minimum absolute atomic E-state index is 0.395. The van der Waals surface area contributed by atoms with Crippen LogP contribution in [0.4, 0.5) is 0 Å². The fourth-order valence-corrected chi connectivity index (χ4v) is 5.11. The molecule has 33 heavy (non-hydrogen) atoms. The van der Waals surface area contributed by atoms with Gasteiger partial charge < -0.3 is 9.31 Å². The highest BCUT2D eigenvalue weighted by Crippen LogP contribution is 2.42. The average Bonchev–Trinajstić information content (AvgIpc) is 3.03. The van der Waals surface area contributed by atoms with Gasteiger partial charge in [-0.25, -0.2) is 0 Å². The highest BCUT2D eigenvalue weighted by molar-refractivity contribution is 6.69. The maximum atomic E-state index is 6.56. The largest absolute Gasteiger partial charge is 0.496 e. The molecule has 1 aliphatic heterocycles. The van der Waals surface area contributed by atoms with Crippen molar-refractivity contribution in [2.75, 3.05) is 0 Å². The van der Waals surface area contributed by atoms with Crippen molar-refractivity contribution in [3.8, 4) is 11.1 Å². The number of benzene rings is 5. The maximum Gasteiger partial charge on any atom is 0.496 e. The molecule has 0 bridgehead atoms. The van der Waals surface area contributed by atoms with Crippen LogP contribution in [-0.4, -0.2) is 18.3 Å². The molecule has 3 heteroatoms. The summed E-state index contributed by atoms with van der Waals surface area (Å²) in [7, 11) is -0.425. The van der Waals surface area contributed by atoms with Gasteiger partial charge in [0.25, 0.3) is 0 Å². The SMILES string of the molecule is CC1(C)OB(c2c3ccccc3c(-c3cccc4ccccc34)c3ccccc23)OC1(C)C. The lowest BCUT2D eigenvalue weighted by atomic mass is 9.71. The third-order valence-electron chi connectivity index (χ3n) is 7.52. The molecular weight excluding hydrogens is 403 g/mol. The van der Waals surface area contributed by atoms with E-state index in [0.717, 1.165) is 5.46 Å². The monoisotopic (exact) mass is 430 g/mol. The number of hydrogen-bond donors (Lipinski definition) is 0. The fraction of sp³-hybridized carbons (Fsp3) is 0.200. The zero-order chi connectivity index (χ0) is 22.8. The lowest BCUT2D eigenvalue weighted by Crippen LogP contribution is -2.41. The van der Waals surface area contributed by atoms with Gasteiger partial charge in [0.1, 0.15) is 0 Å². The Morgan fingerprint density at radius 3 is 1.55 bits per heavy atom. The second-order valence-electron chi connectivity index (χ2n) is 9.99. The normalized spacial score (nSPS) is 17.3. The summed E-state index contributed by atoms with van der Waals surface area (Å²) in [4.78, 5) is 0. The van der Waals surface area contributed by atoms with E-state index in [1.165, 1.54) is 43.4 Å². The van der Waals surface area contributed by atoms with E-state index >= 15 is 0 Å². The summed E-state index contributed by atoms with van der Waals surface area (Å²) in [5.74, 6) is 0. The smallest absolute Gasteiger partial charge is 0.399 e. The lowest BCUT2D eigenvalue weighted by molar-refractivity contribution is 0.00578. The molecule has 0 N–H and O–H groups in total. The second-order valence-corrected chi connectivity index (χ2v) is 9.99. The first kappa shape index (κ1) is 20.5. The molecule has 0 atom stereocenters. The lowest BCUT2D eigenvalue weighted by Gasteiger charge is -2.32. The Bertz CT molecular complexity index is 1460. The van der Waals surface area contributed by atoms with E-state index < -0.39 is 18.3 Å². The topological polar surface area (TPSA) is 18.5 Å². The molecule has 5 aromatic carbocycles. The van der Waals surface area contributed by atoms with Crippen LogP contribution in [0.3, 0.4) is 0 Å². The van der Waals surface area contributed by atoms with Crippen molar-refractivity contribution in [2.45, 2.75) is 38.9 Å². The molecule has 1 heterocycles. The summed E-state index contributed by atoms with van der Waals surface area (Å²) in [6.45, 7) is 8.45. The molecule has 6 rings (SSSR count). The Hall–Kier alpha value is -3.14. The Kier molecular flexibility index (Phi) is 4.45. The summed E-state index contributed by atoms with van der Waals surface area (Å²) >= 11 is 0. The average molecular weight is 430 g/mol. The highest BCUT2D eigenvalue weighted by atomic mass is 16.7. The quantitative estimate of drug-likeness (QED) is 0.219. The third-order valence-corrected chi connectivity index (χ3v) is 7.52. The molecule has 0 saturated carbocycles. The Balaban J connectivity index is 1.73. The Morgan fingerprint density at radius 2 is 0.970 bits per heavy atom. The van der Waals surface area contributed by atoms with Crippen LogP contribution in [-0.2, 0) is 9.31 Å². The maximum absolute atomic E-state index is 6.56. The molecule has 2 nitrogen and oxygen atoms in total. The fourth-order valence-electron chi connectivity index (χ4n) is 5.11. The first-order chi connectivity index (χ1) is 15.9. The van der Waals surface area contributed by atoms with Crippen LogP contribution in [0.15, 0.2) is 91.0 Å². The minimum atomic E-state index is -0.425. The molecular formula is C30H27BO2. The summed E-state index contributed by atoms with van der Waals surface area (Å²) in [6.07, 6.45) is 0. The van der Waals surface area contributed by atoms with E-state index in [1.807, 2.05) is 0 Å². The molecule has 1 fully saturated rings. The molecule has 0 radical (unpaired) electrons. The predicted molar refractivity (Wildman–Crippen MR) is 140 cm³/mol. The molecule has 0 aliphatic carbocycles. The molecule has 5 aromatic rings. The van der Waals surface area contributed by atoms with Gasteiger partial charge in [-0.1, -0.05) is 91.0 Å². The number of hydrogen-bond acceptors (Lipinski definition) is 2. The van der Waals surface area contributed by atoms with Crippen LogP contribution < -0.4 is 5.46 Å². The van der Waals surface area contributed by atoms with Crippen molar-refractivity contribution < 1.29 is 9.31 Å². The van der Waals surface area contributed by atoms with Crippen LogP contribution in [0.1, 0.15) is 27.7 Å². The summed E-state index contributed by atoms with van der Waals surface area (Å²) < 4.78 is 13.1. The number of fused-ring (bicyclic) bond motifs is 3. The van der Waals surface area contributed by atoms with E-state index in [2.05, 4.69) is 119 Å². The van der Waals surface area contributed by atoms with Gasteiger partial charge in [-0.05, 0) is 76.6 Å². The molecule has 0 spiro atoms. The standard InChI is InChI=1S/C30H27BO2/c1-29(2)30(3,4)33-31(32-29)28-25-17-9-7-15-23(25)27(24-16-8-10-18-26(24)28)22-19-11-13-20-12-5-6-14-21(20)22/h5-19H,1-4H3. The van der Waals surface area contributed by atoms with Gasteiger partial charge in [0.05, 0.1) is 11.2 Å². The molecule has 0 amide bonds. The van der Waals surface area contributed by atoms with Crippen LogP contribution in [0.2, 0.25) is 0 Å². The van der Waals surface area contributed by atoms with E-state index in [1.54, 1.807) is 0 Å². The third kappa shape index (κ3) is 3.03. The molecule has 1 aliphatic rings. The predicted octanol–water partition coefficient (Wildman–Crippen LogP) is 7.11. The molecule has 1 saturated heterocycles. The van der Waals surface area contributed by atoms with Gasteiger partial charge in [-0.2, -0.15) is 0 Å². The summed E-state index contributed by atoms with van der Waals surface area (Å²) in [5, 5.41) is 7.31. The van der Waals surface area contributed by atoms with Crippen LogP contribution in [0.25, 0.3) is 43.4 Å². The zero-order valence-corrected chi connectivity index (χ0v) is 19.6. The Labute approximate surface area is 195 Å². The van der Waals surface area contributed by atoms with Gasteiger partial charge in [-0.15, -0.1) is 0 Å². The van der Waals surface area contributed by atoms with Gasteiger partial charge in [0.2, 0.25) is 0 Å². The minimum Gasteiger partial charge on any atom is -0.399 e. The molecule has 0 unspecified atom stereocenters. The van der Waals surface area contributed by atoms with Gasteiger partial charge >= 0.3 is 7.12 Å². The number of rotatable bonds is 2. The van der Waals surface area contributed by atoms with Crippen molar-refractivity contribution in [1.29, 1.82) is 0 Å². The van der Waals surface area contributed by atoms with E-state index in [-0.39, 0.29) is 0 Å². The van der Waals surface area contributed by atoms with E-state index in [9.17, 15) is 0 Å². The first-order valence-electron chi connectivity index (χ1n) is 11.6. The van der Waals surface area contributed by atoms with Crippen LogP contribution in [0, 0.1) is 0 Å². The first-order valence-corrected chi connectivity index (χ1v) is 11.6. The van der Waals surface area contributed by atoms with Crippen molar-refractivity contribution in [3.05, 3.63) is 91.0 Å². The van der Waals surface area contributed by atoms with Crippen molar-refractivity contribution in [2.24, 2.45) is 0 Å². The molecule has 0 aromatic heterocycles. The van der Waals surface area contributed by atoms with Gasteiger partial charge in [0.15, 0.2) is 0 Å². The van der Waals surface area contributed by atoms with Crippen LogP contribution in [0.5, 0.6) is 0 Å². The summed E-state index contributed by atoms with van der Waals surface area (Å²) in [6, 6.07) is 32.5.